The topological polar surface area (TPSA) is 50.2 Å². The van der Waals surface area contributed by atoms with Crippen LogP contribution in [0.5, 0.6) is 0 Å². The van der Waals surface area contributed by atoms with E-state index >= 15 is 0 Å². The molecule has 0 saturated heterocycles. The van der Waals surface area contributed by atoms with E-state index in [1.54, 1.807) is 0 Å². The van der Waals surface area contributed by atoms with Crippen LogP contribution in [0.2, 0.25) is 0 Å². The second-order valence-electron chi connectivity index (χ2n) is 12.2. The number of ketones is 1. The Balaban J connectivity index is 0.000000237. The molecule has 2 fully saturated rings. The van der Waals surface area contributed by atoms with Gasteiger partial charge < -0.3 is 5.11 Å². The fourth-order valence-electron chi connectivity index (χ4n) is 5.91. The quantitative estimate of drug-likeness (QED) is 0.129. The van der Waals surface area contributed by atoms with Gasteiger partial charge >= 0.3 is 0 Å². The van der Waals surface area contributed by atoms with Crippen molar-refractivity contribution < 1.29 is 30.0 Å². The number of aromatic nitrogens is 1. The molecule has 0 bridgehead atoms. The number of allylic oxidation sites excluding steroid dienone is 2. The average molecular weight is 727 g/mol. The zero-order valence-corrected chi connectivity index (χ0v) is 26.3. The molecule has 3 aromatic carbocycles. The van der Waals surface area contributed by atoms with Gasteiger partial charge in [-0.1, -0.05) is 108 Å². The van der Waals surface area contributed by atoms with E-state index in [0.29, 0.717) is 5.76 Å². The van der Waals surface area contributed by atoms with Crippen LogP contribution in [-0.2, 0) is 30.3 Å². The maximum atomic E-state index is 11.8. The standard InChI is InChI=1S/C23H20N.C13H20O2.CH4.Ir/c1-23(2,3)18-13-11-17-12-14-21(24-22(17)15-18)20-10-6-8-16-7-4-5-9-19(16)20;14-12(10-5-1-2-6-10)9-13(15)11-7-3-4-8-11;;/h4-9,11-15H,1-3H3;9-11,14H,1-8H2;1H4;/q-1;;;. The van der Waals surface area contributed by atoms with E-state index in [1.165, 1.54) is 53.5 Å². The largest absolute Gasteiger partial charge is 0.512 e. The second kappa shape index (κ2) is 14.4. The van der Waals surface area contributed by atoms with Crippen molar-refractivity contribution in [3.8, 4) is 11.3 Å². The van der Waals surface area contributed by atoms with Gasteiger partial charge in [-0.2, -0.15) is 0 Å². The van der Waals surface area contributed by atoms with Crippen LogP contribution in [0, 0.1) is 17.9 Å². The molecular weight excluding hydrogens is 683 g/mol. The van der Waals surface area contributed by atoms with Crippen molar-refractivity contribution in [3.63, 3.8) is 0 Å². The zero-order chi connectivity index (χ0) is 27.4. The van der Waals surface area contributed by atoms with Gasteiger partial charge in [-0.05, 0) is 53.8 Å². The van der Waals surface area contributed by atoms with Crippen LogP contribution < -0.4 is 0 Å². The number of benzene rings is 3. The Hall–Kier alpha value is -2.81. The Morgan fingerprint density at radius 2 is 1.51 bits per heavy atom. The van der Waals surface area contributed by atoms with Crippen LogP contribution in [-0.4, -0.2) is 15.9 Å². The van der Waals surface area contributed by atoms with Crippen molar-refractivity contribution in [3.05, 3.63) is 90.2 Å². The van der Waals surface area contributed by atoms with Crippen molar-refractivity contribution in [2.45, 2.75) is 85.0 Å². The van der Waals surface area contributed by atoms with Gasteiger partial charge in [0.2, 0.25) is 0 Å². The molecule has 1 aromatic heterocycles. The average Bonchev–Trinajstić information content (AvgIpc) is 3.67. The smallest absolute Gasteiger partial charge is 0.162 e. The zero-order valence-electron chi connectivity index (χ0n) is 23.9. The summed E-state index contributed by atoms with van der Waals surface area (Å²) in [5, 5.41) is 13.4. The van der Waals surface area contributed by atoms with Crippen LogP contribution in [0.15, 0.2) is 78.6 Å². The van der Waals surface area contributed by atoms with E-state index in [4.69, 9.17) is 4.98 Å². The molecule has 1 radical (unpaired) electrons. The van der Waals surface area contributed by atoms with E-state index in [9.17, 15) is 9.90 Å². The first kappa shape index (κ1) is 32.7. The fraction of sp³-hybridized carbons (Fsp3) is 0.405. The minimum Gasteiger partial charge on any atom is -0.512 e. The molecule has 0 atom stereocenters. The predicted octanol–water partition coefficient (Wildman–Crippen LogP) is 10.2. The van der Waals surface area contributed by atoms with Gasteiger partial charge in [0.25, 0.3) is 0 Å². The first-order valence-electron chi connectivity index (χ1n) is 14.5. The van der Waals surface area contributed by atoms with Gasteiger partial charge in [0.1, 0.15) is 0 Å². The minimum absolute atomic E-state index is 0. The van der Waals surface area contributed by atoms with Crippen LogP contribution in [0.3, 0.4) is 0 Å². The summed E-state index contributed by atoms with van der Waals surface area (Å²) in [6.45, 7) is 6.70. The molecule has 2 aliphatic rings. The van der Waals surface area contributed by atoms with Gasteiger partial charge in [-0.15, -0.1) is 29.1 Å². The van der Waals surface area contributed by atoms with Crippen LogP contribution in [0.4, 0.5) is 0 Å². The number of carbonyl (C=O) groups excluding carboxylic acids is 1. The Bertz CT molecular complexity index is 1480. The molecule has 4 heteroatoms. The Kier molecular flexibility index (Phi) is 11.5. The molecule has 2 aliphatic carbocycles. The van der Waals surface area contributed by atoms with E-state index in [0.717, 1.165) is 42.5 Å². The Labute approximate surface area is 259 Å². The van der Waals surface area contributed by atoms with Gasteiger partial charge in [-0.25, -0.2) is 0 Å². The van der Waals surface area contributed by atoms with Gasteiger partial charge in [0.15, 0.2) is 5.78 Å². The van der Waals surface area contributed by atoms with E-state index in [-0.39, 0.29) is 50.6 Å². The van der Waals surface area contributed by atoms with Crippen molar-refractivity contribution in [1.29, 1.82) is 0 Å². The first-order valence-corrected chi connectivity index (χ1v) is 14.5. The molecule has 0 spiro atoms. The molecule has 219 valence electrons. The van der Waals surface area contributed by atoms with Crippen LogP contribution in [0.1, 0.15) is 85.1 Å². The number of nitrogens with zero attached hydrogens (tertiary/aromatic N) is 1. The monoisotopic (exact) mass is 727 g/mol. The van der Waals surface area contributed by atoms with Crippen LogP contribution in [0.25, 0.3) is 32.9 Å². The number of aliphatic hydroxyl groups is 1. The SMILES string of the molecule is C.CC(C)(C)c1ccc2ccc(-c3[c-]ccc4ccccc34)nc2c1.O=C(C=C(O)C1CCCC1)C1CCCC1.[Ir]. The molecular formula is C37H44IrNO2-. The molecule has 3 nitrogen and oxygen atoms in total. The first-order chi connectivity index (χ1) is 18.8. The molecule has 2 saturated carbocycles. The molecule has 1 heterocycles. The van der Waals surface area contributed by atoms with Gasteiger partial charge in [-0.3, -0.25) is 9.78 Å². The molecule has 41 heavy (non-hydrogen) atoms. The summed E-state index contributed by atoms with van der Waals surface area (Å²) >= 11 is 0. The summed E-state index contributed by atoms with van der Waals surface area (Å²) in [6, 6.07) is 26.7. The summed E-state index contributed by atoms with van der Waals surface area (Å²) in [6.07, 6.45) is 10.4. The number of rotatable bonds is 4. The third kappa shape index (κ3) is 7.93. The number of pyridine rings is 1. The van der Waals surface area contributed by atoms with Gasteiger partial charge in [0, 0.05) is 38.0 Å². The van der Waals surface area contributed by atoms with E-state index < -0.39 is 0 Å². The van der Waals surface area contributed by atoms with Crippen molar-refractivity contribution >= 4 is 27.5 Å². The van der Waals surface area contributed by atoms with Crippen molar-refractivity contribution in [1.82, 2.24) is 4.98 Å². The number of hydrogen-bond acceptors (Lipinski definition) is 3. The van der Waals surface area contributed by atoms with Crippen LogP contribution >= 0.6 is 0 Å². The van der Waals surface area contributed by atoms with E-state index in [1.807, 2.05) is 6.07 Å². The number of carbonyl (C=O) groups is 1. The molecule has 0 amide bonds. The molecule has 0 aliphatic heterocycles. The fourth-order valence-corrected chi connectivity index (χ4v) is 5.91. The molecule has 0 unspecified atom stereocenters. The third-order valence-corrected chi connectivity index (χ3v) is 8.36. The Morgan fingerprint density at radius 3 is 2.20 bits per heavy atom. The van der Waals surface area contributed by atoms with E-state index in [2.05, 4.69) is 87.5 Å². The second-order valence-corrected chi connectivity index (χ2v) is 12.2. The Morgan fingerprint density at radius 1 is 0.878 bits per heavy atom. The summed E-state index contributed by atoms with van der Waals surface area (Å²) in [5.41, 5.74) is 4.52. The normalized spacial score (nSPS) is 16.1. The maximum absolute atomic E-state index is 11.8. The molecule has 1 N–H and O–H groups in total. The number of aliphatic hydroxyl groups excluding tert-OH is 1. The number of fused-ring (bicyclic) bond motifs is 2. The summed E-state index contributed by atoms with van der Waals surface area (Å²) in [5.74, 6) is 0.991. The maximum Gasteiger partial charge on any atom is 0.162 e. The molecule has 4 aromatic rings. The third-order valence-electron chi connectivity index (χ3n) is 8.36. The summed E-state index contributed by atoms with van der Waals surface area (Å²) in [7, 11) is 0. The molecule has 6 rings (SSSR count). The summed E-state index contributed by atoms with van der Waals surface area (Å²) < 4.78 is 0. The van der Waals surface area contributed by atoms with Crippen molar-refractivity contribution in [2.75, 3.05) is 0 Å². The minimum atomic E-state index is 0. The van der Waals surface area contributed by atoms with Gasteiger partial charge in [0.05, 0.1) is 11.3 Å². The van der Waals surface area contributed by atoms with Crippen molar-refractivity contribution in [2.24, 2.45) is 11.8 Å². The number of hydrogen-bond donors (Lipinski definition) is 1. The predicted molar refractivity (Wildman–Crippen MR) is 169 cm³/mol. The summed E-state index contributed by atoms with van der Waals surface area (Å²) in [4.78, 5) is 16.7.